The second-order valence-electron chi connectivity index (χ2n) is 3.02. The molecular weight excluding hydrogens is 222 g/mol. The quantitative estimate of drug-likeness (QED) is 0.526. The van der Waals surface area contributed by atoms with Crippen molar-refractivity contribution in [3.05, 3.63) is 17.0 Å². The standard InChI is InChI=1S/C8H8ClN3O3/c1-15-8(14)4-5(13)3-6(9)10-2-11-7(3)12-4/h2,4-5,13H,1H3,(H,10,11,12). The maximum atomic E-state index is 11.3. The van der Waals surface area contributed by atoms with Crippen LogP contribution in [-0.2, 0) is 9.53 Å². The molecule has 2 heterocycles. The van der Waals surface area contributed by atoms with Crippen LogP contribution in [0.1, 0.15) is 11.7 Å². The molecular formula is C8H8ClN3O3. The number of ether oxygens (including phenoxy) is 1. The lowest BCUT2D eigenvalue weighted by molar-refractivity contribution is -0.143. The van der Waals surface area contributed by atoms with E-state index in [4.69, 9.17) is 11.6 Å². The van der Waals surface area contributed by atoms with E-state index in [-0.39, 0.29) is 5.15 Å². The molecule has 0 bridgehead atoms. The summed E-state index contributed by atoms with van der Waals surface area (Å²) in [5, 5.41) is 12.6. The fraction of sp³-hybridized carbons (Fsp3) is 0.375. The van der Waals surface area contributed by atoms with E-state index in [9.17, 15) is 9.90 Å². The predicted molar refractivity (Wildman–Crippen MR) is 51.4 cm³/mol. The van der Waals surface area contributed by atoms with E-state index >= 15 is 0 Å². The highest BCUT2D eigenvalue weighted by molar-refractivity contribution is 6.30. The van der Waals surface area contributed by atoms with Crippen molar-refractivity contribution in [2.75, 3.05) is 12.4 Å². The molecule has 0 spiro atoms. The topological polar surface area (TPSA) is 84.3 Å². The van der Waals surface area contributed by atoms with Gasteiger partial charge in [0.25, 0.3) is 0 Å². The molecule has 2 unspecified atom stereocenters. The molecule has 0 aromatic carbocycles. The molecule has 80 valence electrons. The minimum atomic E-state index is -1.08. The molecule has 6 nitrogen and oxygen atoms in total. The summed E-state index contributed by atoms with van der Waals surface area (Å²) in [6.45, 7) is 0. The lowest BCUT2D eigenvalue weighted by atomic mass is 10.1. The number of aliphatic hydroxyl groups excluding tert-OH is 1. The van der Waals surface area contributed by atoms with Gasteiger partial charge in [0.2, 0.25) is 0 Å². The minimum absolute atomic E-state index is 0.131. The number of rotatable bonds is 1. The number of nitrogens with zero attached hydrogens (tertiary/aromatic N) is 2. The molecule has 0 amide bonds. The van der Waals surface area contributed by atoms with Crippen molar-refractivity contribution >= 4 is 23.4 Å². The van der Waals surface area contributed by atoms with Crippen LogP contribution in [0.4, 0.5) is 5.82 Å². The van der Waals surface area contributed by atoms with Crippen molar-refractivity contribution < 1.29 is 14.6 Å². The third kappa shape index (κ3) is 1.51. The van der Waals surface area contributed by atoms with Crippen molar-refractivity contribution in [1.82, 2.24) is 9.97 Å². The Morgan fingerprint density at radius 1 is 1.67 bits per heavy atom. The Labute approximate surface area is 90.2 Å². The molecule has 0 saturated carbocycles. The Balaban J connectivity index is 2.37. The first kappa shape index (κ1) is 10.1. The van der Waals surface area contributed by atoms with Crippen LogP contribution in [0.3, 0.4) is 0 Å². The van der Waals surface area contributed by atoms with Gasteiger partial charge in [0.05, 0.1) is 12.7 Å². The van der Waals surface area contributed by atoms with Crippen LogP contribution in [0, 0.1) is 0 Å². The summed E-state index contributed by atoms with van der Waals surface area (Å²) in [5.74, 6) is -0.213. The third-order valence-corrected chi connectivity index (χ3v) is 2.50. The Morgan fingerprint density at radius 2 is 2.40 bits per heavy atom. The summed E-state index contributed by atoms with van der Waals surface area (Å²) in [5.41, 5.74) is 0.328. The van der Waals surface area contributed by atoms with E-state index < -0.39 is 18.1 Å². The summed E-state index contributed by atoms with van der Waals surface area (Å²) in [6, 6.07) is -0.876. The number of hydrogen-bond donors (Lipinski definition) is 2. The van der Waals surface area contributed by atoms with E-state index in [1.54, 1.807) is 0 Å². The molecule has 7 heteroatoms. The van der Waals surface area contributed by atoms with Crippen molar-refractivity contribution in [3.63, 3.8) is 0 Å². The number of nitrogens with one attached hydrogen (secondary N) is 1. The number of aliphatic hydroxyl groups is 1. The van der Waals surface area contributed by atoms with E-state index in [0.29, 0.717) is 11.4 Å². The fourth-order valence-electron chi connectivity index (χ4n) is 1.46. The number of halogens is 1. The van der Waals surface area contributed by atoms with Gasteiger partial charge in [-0.2, -0.15) is 0 Å². The van der Waals surface area contributed by atoms with Crippen molar-refractivity contribution in [3.8, 4) is 0 Å². The third-order valence-electron chi connectivity index (χ3n) is 2.19. The van der Waals surface area contributed by atoms with Crippen LogP contribution >= 0.6 is 11.6 Å². The average molecular weight is 230 g/mol. The highest BCUT2D eigenvalue weighted by Gasteiger charge is 2.39. The van der Waals surface area contributed by atoms with E-state index in [2.05, 4.69) is 20.0 Å². The molecule has 1 aromatic rings. The van der Waals surface area contributed by atoms with Crippen LogP contribution in [0.25, 0.3) is 0 Å². The minimum Gasteiger partial charge on any atom is -0.467 e. The van der Waals surface area contributed by atoms with Crippen molar-refractivity contribution in [1.29, 1.82) is 0 Å². The first-order valence-corrected chi connectivity index (χ1v) is 4.55. The number of hydrogen-bond acceptors (Lipinski definition) is 6. The fourth-order valence-corrected chi connectivity index (χ4v) is 1.70. The average Bonchev–Trinajstić information content (AvgIpc) is 2.56. The van der Waals surface area contributed by atoms with E-state index in [1.807, 2.05) is 0 Å². The number of carbonyl (C=O) groups excluding carboxylic acids is 1. The summed E-state index contributed by atoms with van der Waals surface area (Å²) in [4.78, 5) is 18.9. The van der Waals surface area contributed by atoms with Gasteiger partial charge in [-0.25, -0.2) is 14.8 Å². The van der Waals surface area contributed by atoms with Crippen molar-refractivity contribution in [2.24, 2.45) is 0 Å². The summed E-state index contributed by atoms with van der Waals surface area (Å²) in [7, 11) is 1.24. The molecule has 2 atom stereocenters. The largest absolute Gasteiger partial charge is 0.467 e. The van der Waals surface area contributed by atoms with Gasteiger partial charge in [0.15, 0.2) is 6.04 Å². The van der Waals surface area contributed by atoms with Gasteiger partial charge in [-0.15, -0.1) is 0 Å². The molecule has 0 aliphatic carbocycles. The Bertz CT molecular complexity index is 412. The Kier molecular flexibility index (Phi) is 2.45. The zero-order valence-corrected chi connectivity index (χ0v) is 8.52. The Morgan fingerprint density at radius 3 is 3.00 bits per heavy atom. The van der Waals surface area contributed by atoms with Crippen molar-refractivity contribution in [2.45, 2.75) is 12.1 Å². The molecule has 1 aromatic heterocycles. The monoisotopic (exact) mass is 229 g/mol. The molecule has 0 radical (unpaired) electrons. The van der Waals surface area contributed by atoms with Crippen LogP contribution in [0.2, 0.25) is 5.15 Å². The van der Waals surface area contributed by atoms with Crippen LogP contribution < -0.4 is 5.32 Å². The second kappa shape index (κ2) is 3.63. The van der Waals surface area contributed by atoms with Gasteiger partial charge in [0, 0.05) is 0 Å². The molecule has 0 saturated heterocycles. The van der Waals surface area contributed by atoms with Gasteiger partial charge in [-0.1, -0.05) is 11.6 Å². The number of esters is 1. The molecule has 2 rings (SSSR count). The highest BCUT2D eigenvalue weighted by atomic mass is 35.5. The zero-order valence-electron chi connectivity index (χ0n) is 7.77. The van der Waals surface area contributed by atoms with Gasteiger partial charge in [0.1, 0.15) is 23.4 Å². The summed E-state index contributed by atoms with van der Waals surface area (Å²) >= 11 is 5.77. The van der Waals surface area contributed by atoms with E-state index in [0.717, 1.165) is 0 Å². The first-order chi connectivity index (χ1) is 7.15. The van der Waals surface area contributed by atoms with Gasteiger partial charge < -0.3 is 15.2 Å². The molecule has 2 N–H and O–H groups in total. The van der Waals surface area contributed by atoms with Crippen LogP contribution in [0.15, 0.2) is 6.33 Å². The molecule has 1 aliphatic heterocycles. The van der Waals surface area contributed by atoms with Crippen LogP contribution in [-0.4, -0.2) is 34.2 Å². The Hall–Kier alpha value is -1.40. The molecule has 15 heavy (non-hydrogen) atoms. The lowest BCUT2D eigenvalue weighted by Crippen LogP contribution is -2.31. The second-order valence-corrected chi connectivity index (χ2v) is 3.37. The number of methoxy groups -OCH3 is 1. The maximum Gasteiger partial charge on any atom is 0.331 e. The lowest BCUT2D eigenvalue weighted by Gasteiger charge is -2.11. The molecule has 1 aliphatic rings. The normalized spacial score (nSPS) is 23.1. The van der Waals surface area contributed by atoms with Gasteiger partial charge in [-0.05, 0) is 0 Å². The number of fused-ring (bicyclic) bond motifs is 1. The van der Waals surface area contributed by atoms with E-state index in [1.165, 1.54) is 13.4 Å². The SMILES string of the molecule is COC(=O)C1Nc2ncnc(Cl)c2C1O. The van der Waals surface area contributed by atoms with Gasteiger partial charge in [-0.3, -0.25) is 0 Å². The number of anilines is 1. The van der Waals surface area contributed by atoms with Crippen LogP contribution in [0.5, 0.6) is 0 Å². The summed E-state index contributed by atoms with van der Waals surface area (Å²) < 4.78 is 4.52. The first-order valence-electron chi connectivity index (χ1n) is 4.18. The predicted octanol–water partition coefficient (Wildman–Crippen LogP) is 0.130. The number of carbonyl (C=O) groups is 1. The highest BCUT2D eigenvalue weighted by Crippen LogP contribution is 2.36. The number of aromatic nitrogens is 2. The van der Waals surface area contributed by atoms with Gasteiger partial charge >= 0.3 is 5.97 Å². The smallest absolute Gasteiger partial charge is 0.331 e. The summed E-state index contributed by atoms with van der Waals surface area (Å²) in [6.07, 6.45) is 0.168. The maximum absolute atomic E-state index is 11.3. The zero-order chi connectivity index (χ0) is 11.0. The molecule has 0 fully saturated rings.